The number of morpholine rings is 2. The van der Waals surface area contributed by atoms with Gasteiger partial charge in [-0.2, -0.15) is 39.5 Å². The number of nitrogens with two attached hydrogens (primary N) is 6. The molecular formula is C109H101F13N20O7S. The normalized spacial score (nSPS) is 16.2. The highest BCUT2D eigenvalue weighted by Gasteiger charge is 2.45. The minimum atomic E-state index is -4.47. The first kappa shape index (κ1) is 106. The summed E-state index contributed by atoms with van der Waals surface area (Å²) in [5.74, 6) is -4.19. The molecule has 0 spiro atoms. The van der Waals surface area contributed by atoms with Crippen molar-refractivity contribution in [3.63, 3.8) is 0 Å². The van der Waals surface area contributed by atoms with Crippen molar-refractivity contribution in [2.45, 2.75) is 102 Å². The Balaban J connectivity index is 0.000000128. The molecule has 4 saturated heterocycles. The molecule has 150 heavy (non-hydrogen) atoms. The number of carbonyl (C=O) groups is 5. The molecule has 13 N–H and O–H groups in total. The van der Waals surface area contributed by atoms with E-state index in [1.807, 2.05) is 66.4 Å². The first-order chi connectivity index (χ1) is 71.7. The number of hydrogen-bond donors (Lipinski definition) is 7. The van der Waals surface area contributed by atoms with Crippen LogP contribution in [0.5, 0.6) is 0 Å². The highest BCUT2D eigenvalue weighted by Crippen LogP contribution is 2.40. The first-order valence-corrected chi connectivity index (χ1v) is 48.7. The van der Waals surface area contributed by atoms with E-state index in [0.717, 1.165) is 169 Å². The summed E-state index contributed by atoms with van der Waals surface area (Å²) in [6.07, 6.45) is -12.1. The van der Waals surface area contributed by atoms with E-state index in [0.29, 0.717) is 95.5 Å². The van der Waals surface area contributed by atoms with Gasteiger partial charge >= 0.3 is 18.5 Å². The number of hydrogen-bond acceptors (Lipinski definition) is 22. The standard InChI is InChI=1S/C24H19F4N5O.C22H19F4N3O2.C22H23FN4O.C21H21FN4O.C20H19F3N4O2S/c25-16-4-2-15(3-5-16)18-10-20(23(29)34)30-19-9-14(1-6-17(18)19)11-32-7-8-33-12-21(24(26,27)28)31-22(33)13-32;23-15-4-2-14(3-5-15)17-10-19(21(27)30)28-18-9-13(1-6-16(17)18)11-29-7-8-31-20(12-29)22(24,25)26;23-16-4-2-15(3-5-16)19-12-21(22(25)28)26-20-11-14(1-6-18(19)20)13-27-9-7-17(24)8-10-27;22-16-4-2-15(3-5-16)18-12-20(21(23)27)25-19-11-14(1-6-17(18)19)13-26-9-7-24-8-10-26;1-11-25-8-17(30-11)14-7-16(19(24)28)26-15-6-12(2-3-13(14)15)9-27-4-5-29-18(10-27)20(21,22)23/h1-6,9-10,12H,7-8,11,13H2,(H2,29,34);1-6,9-10,20H,7-8,11-12H2,(H2,27,30);1-6,11-12,17H,7-10,13,24H2,(H2,25,28);1-6,11-12,24H,7-10,13H2,(H2,23,27);2-3,6-8,18H,4-5,9-10H2,1H3,(H2,24,28). The molecular weight excluding hydrogens is 1980 g/mol. The number of aromatic nitrogens is 8. The molecule has 21 rings (SSSR count). The zero-order chi connectivity index (χ0) is 106. The van der Waals surface area contributed by atoms with Crippen LogP contribution in [0.2, 0.25) is 0 Å². The third kappa shape index (κ3) is 26.4. The van der Waals surface area contributed by atoms with E-state index in [4.69, 9.17) is 43.9 Å². The number of ether oxygens (including phenoxy) is 2. The van der Waals surface area contributed by atoms with E-state index in [-0.39, 0.29) is 91.1 Å². The van der Waals surface area contributed by atoms with Crippen molar-refractivity contribution in [1.29, 1.82) is 0 Å². The van der Waals surface area contributed by atoms with Crippen LogP contribution in [0.4, 0.5) is 57.1 Å². The molecule has 0 saturated carbocycles. The highest BCUT2D eigenvalue weighted by atomic mass is 32.1. The number of likely N-dealkylation sites (tertiary alicyclic amines) is 1. The number of nitrogens with zero attached hydrogens (tertiary/aromatic N) is 13. The molecule has 7 aromatic heterocycles. The van der Waals surface area contributed by atoms with Crippen molar-refractivity contribution < 1.29 is 90.5 Å². The number of primary amides is 5. The molecule has 5 aliphatic rings. The first-order valence-electron chi connectivity index (χ1n) is 47.9. The Morgan fingerprint density at radius 2 is 0.680 bits per heavy atom. The Morgan fingerprint density at radius 3 is 0.987 bits per heavy atom. The summed E-state index contributed by atoms with van der Waals surface area (Å²) in [6.45, 7) is 12.2. The van der Waals surface area contributed by atoms with E-state index in [2.05, 4.69) is 62.1 Å². The number of nitrogens with one attached hydrogen (secondary N) is 1. The summed E-state index contributed by atoms with van der Waals surface area (Å²) in [7, 11) is 0. The van der Waals surface area contributed by atoms with Gasteiger partial charge in [0.1, 0.15) is 57.6 Å². The van der Waals surface area contributed by atoms with Crippen LogP contribution < -0.4 is 39.7 Å². The lowest BCUT2D eigenvalue weighted by Crippen LogP contribution is -2.48. The fraction of sp³-hybridized carbons (Fsp3) is 0.266. The van der Waals surface area contributed by atoms with Crippen molar-refractivity contribution in [3.05, 3.63) is 327 Å². The van der Waals surface area contributed by atoms with Gasteiger partial charge in [0.05, 0.1) is 57.2 Å². The van der Waals surface area contributed by atoms with Gasteiger partial charge in [0.15, 0.2) is 17.9 Å². The smallest absolute Gasteiger partial charge is 0.366 e. The molecule has 0 radical (unpaired) electrons. The molecule has 5 aliphatic heterocycles. The van der Waals surface area contributed by atoms with Crippen molar-refractivity contribution in [3.8, 4) is 54.9 Å². The maximum absolute atomic E-state index is 13.4. The fourth-order valence-electron chi connectivity index (χ4n) is 18.6. The second-order valence-corrected chi connectivity index (χ2v) is 38.2. The van der Waals surface area contributed by atoms with Gasteiger partial charge in [0.25, 0.3) is 29.5 Å². The van der Waals surface area contributed by atoms with Crippen LogP contribution >= 0.6 is 11.3 Å². The van der Waals surface area contributed by atoms with E-state index >= 15 is 0 Å². The topological polar surface area (TPSA) is 383 Å². The summed E-state index contributed by atoms with van der Waals surface area (Å²) < 4.78 is 181. The number of rotatable bonds is 20. The van der Waals surface area contributed by atoms with Crippen LogP contribution in [0.3, 0.4) is 0 Å². The molecule has 12 heterocycles. The summed E-state index contributed by atoms with van der Waals surface area (Å²) in [6, 6.07) is 61.2. The molecule has 27 nitrogen and oxygen atoms in total. The van der Waals surface area contributed by atoms with Gasteiger partial charge in [-0.15, -0.1) is 11.3 Å². The summed E-state index contributed by atoms with van der Waals surface area (Å²) in [5, 5.41) is 8.36. The number of halogens is 13. The Morgan fingerprint density at radius 1 is 0.373 bits per heavy atom. The number of fused-ring (bicyclic) bond motifs is 6. The second kappa shape index (κ2) is 46.0. The Bertz CT molecular complexity index is 7680. The predicted octanol–water partition coefficient (Wildman–Crippen LogP) is 17.4. The van der Waals surface area contributed by atoms with Crippen LogP contribution in [0.1, 0.15) is 110 Å². The van der Waals surface area contributed by atoms with Gasteiger partial charge in [-0.05, 0) is 214 Å². The molecule has 41 heteroatoms. The number of imidazole rings is 1. The van der Waals surface area contributed by atoms with E-state index in [1.165, 1.54) is 64.4 Å². The van der Waals surface area contributed by atoms with Gasteiger partial charge in [0, 0.05) is 149 Å². The average Bonchev–Trinajstić information content (AvgIpc) is 0.935. The van der Waals surface area contributed by atoms with Crippen LogP contribution in [0.25, 0.3) is 109 Å². The summed E-state index contributed by atoms with van der Waals surface area (Å²) in [4.78, 5) is 100. The lowest BCUT2D eigenvalue weighted by Gasteiger charge is -2.33. The van der Waals surface area contributed by atoms with Crippen molar-refractivity contribution in [2.75, 3.05) is 85.2 Å². The van der Waals surface area contributed by atoms with Crippen LogP contribution in [-0.2, 0) is 61.5 Å². The predicted molar refractivity (Wildman–Crippen MR) is 543 cm³/mol. The average molecular weight is 2080 g/mol. The molecule has 16 aromatic rings. The molecule has 4 fully saturated rings. The summed E-state index contributed by atoms with van der Waals surface area (Å²) in [5.41, 5.74) is 47.7. The van der Waals surface area contributed by atoms with Crippen LogP contribution in [0.15, 0.2) is 231 Å². The number of carbonyl (C=O) groups excluding carboxylic acids is 5. The highest BCUT2D eigenvalue weighted by molar-refractivity contribution is 7.15. The van der Waals surface area contributed by atoms with Crippen molar-refractivity contribution in [2.24, 2.45) is 34.4 Å². The van der Waals surface area contributed by atoms with Gasteiger partial charge in [-0.3, -0.25) is 48.5 Å². The van der Waals surface area contributed by atoms with Gasteiger partial charge < -0.3 is 53.8 Å². The van der Waals surface area contributed by atoms with Gasteiger partial charge in [0.2, 0.25) is 0 Å². The molecule has 2 unspecified atom stereocenters. The zero-order valence-corrected chi connectivity index (χ0v) is 81.5. The SMILES string of the molecule is Cc1ncc(-c2cc(C(N)=O)nc3cc(CN4CCOC(C(F)(F)F)C4)ccc23)s1.NC(=O)c1cc(-c2ccc(F)cc2)c2ccc(CN3CCC(N)CC3)cc2n1.NC(=O)c1cc(-c2ccc(F)cc2)c2ccc(CN3CCNCC3)cc2n1.NC(=O)c1cc(-c2ccc(F)cc2)c2ccc(CN3CCOC(C(F)(F)F)C3)cc2n1.NC(=O)c1cc(-c2ccc(F)cc2)c2ccc(CN3CCn4cc(C(F)(F)F)nc4C3)cc2n1. The second-order valence-electron chi connectivity index (χ2n) is 37.0. The largest absolute Gasteiger partial charge is 0.434 e. The van der Waals surface area contributed by atoms with Gasteiger partial charge in [-0.25, -0.2) is 52.4 Å². The molecule has 776 valence electrons. The monoisotopic (exact) mass is 2080 g/mol. The summed E-state index contributed by atoms with van der Waals surface area (Å²) >= 11 is 1.49. The molecule has 2 atom stereocenters. The number of thiazole rings is 1. The third-order valence-corrected chi connectivity index (χ3v) is 27.2. The molecule has 5 amide bonds. The number of pyridine rings is 5. The van der Waals surface area contributed by atoms with E-state index < -0.39 is 66.0 Å². The number of alkyl halides is 9. The van der Waals surface area contributed by atoms with Crippen LogP contribution in [0, 0.1) is 30.2 Å². The van der Waals surface area contributed by atoms with E-state index in [9.17, 15) is 81.0 Å². The number of aryl methyl sites for hydroxylation is 1. The van der Waals surface area contributed by atoms with E-state index in [1.54, 1.807) is 119 Å². The Kier molecular flexibility index (Phi) is 32.6. The fourth-order valence-corrected chi connectivity index (χ4v) is 19.4. The maximum atomic E-state index is 13.4. The Hall–Kier alpha value is -15.1. The van der Waals surface area contributed by atoms with Gasteiger partial charge in [-0.1, -0.05) is 109 Å². The molecule has 0 bridgehead atoms. The lowest BCUT2D eigenvalue weighted by atomic mass is 9.98. The molecule has 0 aliphatic carbocycles. The number of piperidine rings is 1. The van der Waals surface area contributed by atoms with Crippen molar-refractivity contribution >= 4 is 95.4 Å². The minimum Gasteiger partial charge on any atom is -0.366 e. The lowest BCUT2D eigenvalue weighted by molar-refractivity contribution is -0.238. The van der Waals surface area contributed by atoms with Crippen LogP contribution in [-0.4, -0.2) is 209 Å². The maximum Gasteiger partial charge on any atom is 0.434 e. The zero-order valence-electron chi connectivity index (χ0n) is 80.7. The number of amides is 5. The number of benzene rings is 9. The molecule has 9 aromatic carbocycles. The Labute approximate surface area is 854 Å². The third-order valence-electron chi connectivity index (χ3n) is 26.2. The minimum absolute atomic E-state index is 0.00343. The quantitative estimate of drug-likeness (QED) is 0.0348. The van der Waals surface area contributed by atoms with Crippen molar-refractivity contribution in [1.82, 2.24) is 69.3 Å². The number of piperazine rings is 1.